The van der Waals surface area contributed by atoms with Crippen molar-refractivity contribution in [1.82, 2.24) is 4.98 Å². The second kappa shape index (κ2) is 5.94. The quantitative estimate of drug-likeness (QED) is 0.898. The second-order valence-corrected chi connectivity index (χ2v) is 6.02. The van der Waals surface area contributed by atoms with Gasteiger partial charge in [0.15, 0.2) is 0 Å². The van der Waals surface area contributed by atoms with E-state index in [4.69, 9.17) is 10.5 Å². The van der Waals surface area contributed by atoms with Gasteiger partial charge in [0.2, 0.25) is 0 Å². The Balaban J connectivity index is 1.84. The van der Waals surface area contributed by atoms with Crippen LogP contribution in [0.3, 0.4) is 0 Å². The van der Waals surface area contributed by atoms with Crippen molar-refractivity contribution in [3.05, 3.63) is 16.1 Å². The standard InChI is InChI=1S/C13H22N2OS/c1-9(2)13-15-10(8-17-13)7-16-12-6-4-3-5-11(12)14/h8-9,11-12H,3-7,14H2,1-2H3. The Hall–Kier alpha value is -0.450. The predicted octanol–water partition coefficient (Wildman–Crippen LogP) is 3.05. The summed E-state index contributed by atoms with van der Waals surface area (Å²) >= 11 is 1.72. The molecule has 0 bridgehead atoms. The molecule has 0 saturated heterocycles. The lowest BCUT2D eigenvalue weighted by atomic mass is 9.93. The maximum atomic E-state index is 6.05. The van der Waals surface area contributed by atoms with Gasteiger partial charge in [-0.3, -0.25) is 0 Å². The molecular weight excluding hydrogens is 232 g/mol. The van der Waals surface area contributed by atoms with Crippen LogP contribution in [0.1, 0.15) is 56.2 Å². The third kappa shape index (κ3) is 3.50. The molecule has 2 unspecified atom stereocenters. The molecule has 0 radical (unpaired) electrons. The van der Waals surface area contributed by atoms with E-state index in [1.54, 1.807) is 11.3 Å². The van der Waals surface area contributed by atoms with Crippen LogP contribution in [-0.4, -0.2) is 17.1 Å². The topological polar surface area (TPSA) is 48.1 Å². The fraction of sp³-hybridized carbons (Fsp3) is 0.769. The molecule has 96 valence electrons. The average Bonchev–Trinajstić information content (AvgIpc) is 2.77. The number of hydrogen-bond acceptors (Lipinski definition) is 4. The number of nitrogens with two attached hydrogens (primary N) is 1. The SMILES string of the molecule is CC(C)c1nc(COC2CCCCC2N)cs1. The second-order valence-electron chi connectivity index (χ2n) is 5.13. The molecule has 3 nitrogen and oxygen atoms in total. The van der Waals surface area contributed by atoms with Gasteiger partial charge in [0.25, 0.3) is 0 Å². The summed E-state index contributed by atoms with van der Waals surface area (Å²) in [5, 5.41) is 3.29. The normalized spacial score (nSPS) is 25.4. The van der Waals surface area contributed by atoms with E-state index in [1.807, 2.05) is 0 Å². The summed E-state index contributed by atoms with van der Waals surface area (Å²) in [4.78, 5) is 4.57. The first-order chi connectivity index (χ1) is 8.16. The lowest BCUT2D eigenvalue weighted by molar-refractivity contribution is 0.00272. The summed E-state index contributed by atoms with van der Waals surface area (Å²) in [6.45, 7) is 4.95. The van der Waals surface area contributed by atoms with Gasteiger partial charge < -0.3 is 10.5 Å². The Labute approximate surface area is 107 Å². The molecule has 1 saturated carbocycles. The van der Waals surface area contributed by atoms with E-state index in [0.29, 0.717) is 12.5 Å². The number of rotatable bonds is 4. The third-order valence-electron chi connectivity index (χ3n) is 3.26. The van der Waals surface area contributed by atoms with Crippen molar-refractivity contribution < 1.29 is 4.74 Å². The molecule has 1 aliphatic rings. The molecule has 0 amide bonds. The zero-order valence-corrected chi connectivity index (χ0v) is 11.5. The first kappa shape index (κ1) is 13.0. The Morgan fingerprint density at radius 3 is 2.88 bits per heavy atom. The summed E-state index contributed by atoms with van der Waals surface area (Å²) in [6, 6.07) is 0.215. The minimum Gasteiger partial charge on any atom is -0.370 e. The Kier molecular flexibility index (Phi) is 4.54. The summed E-state index contributed by atoms with van der Waals surface area (Å²) in [6.07, 6.45) is 4.91. The highest BCUT2D eigenvalue weighted by atomic mass is 32.1. The minimum atomic E-state index is 0.215. The highest BCUT2D eigenvalue weighted by molar-refractivity contribution is 7.09. The largest absolute Gasteiger partial charge is 0.370 e. The van der Waals surface area contributed by atoms with Gasteiger partial charge in [0.1, 0.15) is 0 Å². The summed E-state index contributed by atoms with van der Waals surface area (Å²) < 4.78 is 5.89. The highest BCUT2D eigenvalue weighted by Gasteiger charge is 2.22. The number of nitrogens with zero attached hydrogens (tertiary/aromatic N) is 1. The zero-order valence-electron chi connectivity index (χ0n) is 10.7. The number of thiazole rings is 1. The van der Waals surface area contributed by atoms with Gasteiger partial charge in [-0.25, -0.2) is 4.98 Å². The Morgan fingerprint density at radius 1 is 1.47 bits per heavy atom. The van der Waals surface area contributed by atoms with Crippen LogP contribution in [-0.2, 0) is 11.3 Å². The van der Waals surface area contributed by atoms with Crippen molar-refractivity contribution in [2.75, 3.05) is 0 Å². The predicted molar refractivity (Wildman–Crippen MR) is 71.2 cm³/mol. The molecule has 1 aromatic rings. The summed E-state index contributed by atoms with van der Waals surface area (Å²) in [5.41, 5.74) is 7.11. The molecule has 17 heavy (non-hydrogen) atoms. The van der Waals surface area contributed by atoms with Gasteiger partial charge in [-0.2, -0.15) is 0 Å². The highest BCUT2D eigenvalue weighted by Crippen LogP contribution is 2.23. The van der Waals surface area contributed by atoms with Gasteiger partial charge in [-0.05, 0) is 12.8 Å². The van der Waals surface area contributed by atoms with E-state index in [0.717, 1.165) is 18.5 Å². The maximum absolute atomic E-state index is 6.05. The monoisotopic (exact) mass is 254 g/mol. The molecular formula is C13H22N2OS. The van der Waals surface area contributed by atoms with Crippen molar-refractivity contribution >= 4 is 11.3 Å². The molecule has 2 N–H and O–H groups in total. The maximum Gasteiger partial charge on any atom is 0.0954 e. The Morgan fingerprint density at radius 2 is 2.24 bits per heavy atom. The first-order valence-electron chi connectivity index (χ1n) is 6.48. The van der Waals surface area contributed by atoms with Crippen LogP contribution in [0.4, 0.5) is 0 Å². The average molecular weight is 254 g/mol. The minimum absolute atomic E-state index is 0.215. The molecule has 0 aliphatic heterocycles. The molecule has 4 heteroatoms. The van der Waals surface area contributed by atoms with Gasteiger partial charge in [-0.1, -0.05) is 26.7 Å². The van der Waals surface area contributed by atoms with E-state index in [9.17, 15) is 0 Å². The third-order valence-corrected chi connectivity index (χ3v) is 4.46. The van der Waals surface area contributed by atoms with Crippen molar-refractivity contribution in [3.8, 4) is 0 Å². The van der Waals surface area contributed by atoms with Crippen LogP contribution in [0.15, 0.2) is 5.38 Å². The Bertz CT molecular complexity index is 351. The van der Waals surface area contributed by atoms with Gasteiger partial charge >= 0.3 is 0 Å². The smallest absolute Gasteiger partial charge is 0.0954 e. The summed E-state index contributed by atoms with van der Waals surface area (Å²) in [5.74, 6) is 0.505. The van der Waals surface area contributed by atoms with Gasteiger partial charge in [-0.15, -0.1) is 11.3 Å². The molecule has 1 aliphatic carbocycles. The van der Waals surface area contributed by atoms with Crippen LogP contribution in [0.2, 0.25) is 0 Å². The number of aromatic nitrogens is 1. The zero-order chi connectivity index (χ0) is 12.3. The van der Waals surface area contributed by atoms with Crippen LogP contribution >= 0.6 is 11.3 Å². The molecule has 1 fully saturated rings. The molecule has 2 rings (SSSR count). The van der Waals surface area contributed by atoms with Crippen LogP contribution < -0.4 is 5.73 Å². The molecule has 2 atom stereocenters. The van der Waals surface area contributed by atoms with Crippen molar-refractivity contribution in [2.45, 2.75) is 64.2 Å². The van der Waals surface area contributed by atoms with Gasteiger partial charge in [0.05, 0.1) is 23.4 Å². The van der Waals surface area contributed by atoms with Crippen LogP contribution in [0.25, 0.3) is 0 Å². The van der Waals surface area contributed by atoms with Crippen molar-refractivity contribution in [3.63, 3.8) is 0 Å². The molecule has 1 aromatic heterocycles. The van der Waals surface area contributed by atoms with E-state index < -0.39 is 0 Å². The fourth-order valence-electron chi connectivity index (χ4n) is 2.18. The first-order valence-corrected chi connectivity index (χ1v) is 7.36. The molecule has 0 aromatic carbocycles. The summed E-state index contributed by atoms with van der Waals surface area (Å²) in [7, 11) is 0. The fourth-order valence-corrected chi connectivity index (χ4v) is 3.00. The lowest BCUT2D eigenvalue weighted by Crippen LogP contribution is -2.39. The van der Waals surface area contributed by atoms with Crippen LogP contribution in [0.5, 0.6) is 0 Å². The lowest BCUT2D eigenvalue weighted by Gasteiger charge is -2.28. The van der Waals surface area contributed by atoms with E-state index in [2.05, 4.69) is 24.2 Å². The van der Waals surface area contributed by atoms with Crippen molar-refractivity contribution in [1.29, 1.82) is 0 Å². The molecule has 0 spiro atoms. The molecule has 1 heterocycles. The number of ether oxygens (including phenoxy) is 1. The van der Waals surface area contributed by atoms with Crippen LogP contribution in [0, 0.1) is 0 Å². The van der Waals surface area contributed by atoms with E-state index in [-0.39, 0.29) is 12.1 Å². The number of hydrogen-bond donors (Lipinski definition) is 1. The van der Waals surface area contributed by atoms with Gasteiger partial charge in [0, 0.05) is 17.3 Å². The van der Waals surface area contributed by atoms with E-state index >= 15 is 0 Å². The van der Waals surface area contributed by atoms with Crippen molar-refractivity contribution in [2.24, 2.45) is 5.73 Å². The van der Waals surface area contributed by atoms with E-state index in [1.165, 1.54) is 17.8 Å².